The van der Waals surface area contributed by atoms with Gasteiger partial charge in [0.25, 0.3) is 20.2 Å². The lowest BCUT2D eigenvalue weighted by Crippen LogP contribution is -2.42. The molecule has 2 unspecified atom stereocenters. The fourth-order valence-electron chi connectivity index (χ4n) is 3.21. The third kappa shape index (κ3) is 5.66. The molecular weight excluding hydrogens is 480 g/mol. The van der Waals surface area contributed by atoms with E-state index in [2.05, 4.69) is 10.3 Å². The normalized spacial score (nSPS) is 23.5. The Morgan fingerprint density at radius 2 is 1.67 bits per heavy atom. The van der Waals surface area contributed by atoms with Crippen LogP contribution in [0.1, 0.15) is 19.3 Å². The highest BCUT2D eigenvalue weighted by Crippen LogP contribution is 2.31. The van der Waals surface area contributed by atoms with E-state index in [1.54, 1.807) is 18.2 Å². The molecule has 168 valence electrons. The summed E-state index contributed by atoms with van der Waals surface area (Å²) in [6.07, 6.45) is -0.387. The predicted molar refractivity (Wildman–Crippen MR) is 111 cm³/mol. The first-order valence-corrected chi connectivity index (χ1v) is 14.3. The molecule has 1 saturated carbocycles. The van der Waals surface area contributed by atoms with E-state index in [1.165, 1.54) is 0 Å². The van der Waals surface area contributed by atoms with Crippen LogP contribution < -0.4 is 5.32 Å². The minimum atomic E-state index is -4.49. The van der Waals surface area contributed by atoms with Gasteiger partial charge < -0.3 is 10.1 Å². The van der Waals surface area contributed by atoms with Crippen molar-refractivity contribution in [2.45, 2.75) is 40.2 Å². The van der Waals surface area contributed by atoms with E-state index in [0.29, 0.717) is 15.9 Å². The lowest BCUT2D eigenvalue weighted by atomic mass is 9.96. The Morgan fingerprint density at radius 3 is 2.20 bits per heavy atom. The fourth-order valence-corrected chi connectivity index (χ4v) is 7.07. The molecule has 11 nitrogen and oxygen atoms in total. The van der Waals surface area contributed by atoms with E-state index in [9.17, 15) is 34.4 Å². The lowest BCUT2D eigenvalue weighted by Gasteiger charge is -2.31. The van der Waals surface area contributed by atoms with Gasteiger partial charge in [0.05, 0.1) is 26.8 Å². The Hall–Kier alpha value is -1.36. The van der Waals surface area contributed by atoms with Crippen molar-refractivity contribution < 1.29 is 39.1 Å². The summed E-state index contributed by atoms with van der Waals surface area (Å²) in [4.78, 5) is 4.05. The van der Waals surface area contributed by atoms with Crippen molar-refractivity contribution in [2.75, 3.05) is 18.3 Å². The van der Waals surface area contributed by atoms with E-state index in [1.807, 2.05) is 0 Å². The maximum absolute atomic E-state index is 11.6. The molecule has 1 aromatic heterocycles. The fraction of sp³-hybridized carbons (Fsp3) is 0.533. The van der Waals surface area contributed by atoms with Gasteiger partial charge in [0, 0.05) is 11.9 Å². The average molecular weight is 501 g/mol. The van der Waals surface area contributed by atoms with Crippen molar-refractivity contribution >= 4 is 57.3 Å². The van der Waals surface area contributed by atoms with Gasteiger partial charge in [0.2, 0.25) is 14.2 Å². The molecule has 1 aliphatic rings. The zero-order valence-electron chi connectivity index (χ0n) is 15.6. The van der Waals surface area contributed by atoms with Crippen molar-refractivity contribution in [3.05, 3.63) is 18.2 Å². The van der Waals surface area contributed by atoms with Crippen LogP contribution >= 0.6 is 11.3 Å². The number of rotatable bonds is 7. The Balaban J connectivity index is 1.67. The monoisotopic (exact) mass is 500 g/mol. The summed E-state index contributed by atoms with van der Waals surface area (Å²) >= 11 is 1.02. The number of aromatic nitrogens is 1. The van der Waals surface area contributed by atoms with Crippen molar-refractivity contribution in [3.8, 4) is 0 Å². The van der Waals surface area contributed by atoms with E-state index < -0.39 is 53.1 Å². The van der Waals surface area contributed by atoms with Gasteiger partial charge in [-0.25, -0.2) is 13.4 Å². The van der Waals surface area contributed by atoms with Gasteiger partial charge in [0.15, 0.2) is 0 Å². The number of nitrogens with one attached hydrogen (secondary N) is 1. The number of ether oxygens (including phenoxy) is 1. The Labute approximate surface area is 177 Å². The van der Waals surface area contributed by atoms with E-state index >= 15 is 0 Å². The predicted octanol–water partition coefficient (Wildman–Crippen LogP) is 1.15. The molecule has 0 saturated heterocycles. The second-order valence-electron chi connectivity index (χ2n) is 7.03. The van der Waals surface area contributed by atoms with Gasteiger partial charge in [0.1, 0.15) is 6.73 Å². The molecule has 1 aliphatic carbocycles. The summed E-state index contributed by atoms with van der Waals surface area (Å²) in [5.74, 6) is 0. The second-order valence-corrected chi connectivity index (χ2v) is 13.6. The first-order valence-electron chi connectivity index (χ1n) is 8.62. The Morgan fingerprint density at radius 1 is 1.07 bits per heavy atom. The summed E-state index contributed by atoms with van der Waals surface area (Å²) in [6.45, 7) is -0.107. The summed E-state index contributed by atoms with van der Waals surface area (Å²) in [7, 11) is -12.4. The molecule has 30 heavy (non-hydrogen) atoms. The van der Waals surface area contributed by atoms with Crippen LogP contribution in [0.25, 0.3) is 10.2 Å². The van der Waals surface area contributed by atoms with E-state index in [-0.39, 0.29) is 23.9 Å². The van der Waals surface area contributed by atoms with Gasteiger partial charge in [-0.2, -0.15) is 16.8 Å². The third-order valence-corrected chi connectivity index (χ3v) is 9.85. The van der Waals surface area contributed by atoms with Crippen LogP contribution in [0.15, 0.2) is 22.5 Å². The lowest BCUT2D eigenvalue weighted by molar-refractivity contribution is 0.0405. The summed E-state index contributed by atoms with van der Waals surface area (Å²) in [6, 6.07) is 4.96. The molecule has 3 rings (SSSR count). The molecule has 0 bridgehead atoms. The van der Waals surface area contributed by atoms with Crippen LogP contribution in [0.4, 0.5) is 5.69 Å². The number of hydrogen-bond donors (Lipinski definition) is 3. The van der Waals surface area contributed by atoms with Crippen LogP contribution in [-0.4, -0.2) is 68.9 Å². The van der Waals surface area contributed by atoms with Gasteiger partial charge >= 0.3 is 0 Å². The van der Waals surface area contributed by atoms with Crippen molar-refractivity contribution in [1.82, 2.24) is 4.98 Å². The standard InChI is InChI=1S/C15H20N2O9S4/c1-28(18,19)15-17-13-3-2-9(4-14(13)27-15)16-8-26-10-5-11(29(20,21)22)7-12(6-10)30(23,24)25/h2-4,10-12,16H,5-8H2,1H3,(H,20,21,22)(H,23,24,25). The molecule has 2 atom stereocenters. The molecule has 1 fully saturated rings. The minimum absolute atomic E-state index is 0.000569. The zero-order valence-corrected chi connectivity index (χ0v) is 18.9. The molecular formula is C15H20N2O9S4. The SMILES string of the molecule is CS(=O)(=O)c1nc2ccc(NCOC3CC(S(=O)(=O)O)CC(S(=O)(=O)O)C3)cc2s1. The number of hydrogen-bond acceptors (Lipinski definition) is 10. The van der Waals surface area contributed by atoms with E-state index in [4.69, 9.17) is 4.74 Å². The molecule has 0 radical (unpaired) electrons. The number of thiazole rings is 1. The molecule has 3 N–H and O–H groups in total. The summed E-state index contributed by atoms with van der Waals surface area (Å²) < 4.78 is 93.8. The van der Waals surface area contributed by atoms with Crippen LogP contribution in [0, 0.1) is 0 Å². The average Bonchev–Trinajstić information content (AvgIpc) is 3.04. The van der Waals surface area contributed by atoms with Crippen molar-refractivity contribution in [2.24, 2.45) is 0 Å². The first kappa shape index (κ1) is 23.3. The maximum Gasteiger partial charge on any atom is 0.267 e. The van der Waals surface area contributed by atoms with Gasteiger partial charge in [-0.1, -0.05) is 0 Å². The highest BCUT2D eigenvalue weighted by molar-refractivity contribution is 7.92. The molecule has 0 spiro atoms. The topological polar surface area (TPSA) is 177 Å². The number of nitrogens with zero attached hydrogens (tertiary/aromatic N) is 1. The van der Waals surface area contributed by atoms with E-state index in [0.717, 1.165) is 17.6 Å². The number of fused-ring (bicyclic) bond motifs is 1. The largest absolute Gasteiger partial charge is 0.363 e. The Bertz CT molecular complexity index is 1210. The molecule has 2 aromatic rings. The van der Waals surface area contributed by atoms with Crippen LogP contribution in [-0.2, 0) is 34.8 Å². The molecule has 0 amide bonds. The second kappa shape index (κ2) is 8.29. The smallest absolute Gasteiger partial charge is 0.267 e. The highest BCUT2D eigenvalue weighted by Gasteiger charge is 2.41. The van der Waals surface area contributed by atoms with Crippen LogP contribution in [0.5, 0.6) is 0 Å². The van der Waals surface area contributed by atoms with Gasteiger partial charge in [-0.3, -0.25) is 9.11 Å². The van der Waals surface area contributed by atoms with Crippen molar-refractivity contribution in [3.63, 3.8) is 0 Å². The highest BCUT2D eigenvalue weighted by atomic mass is 32.2. The van der Waals surface area contributed by atoms with Crippen molar-refractivity contribution in [1.29, 1.82) is 0 Å². The summed E-state index contributed by atoms with van der Waals surface area (Å²) in [5.41, 5.74) is 1.10. The Kier molecular flexibility index (Phi) is 6.44. The number of benzene rings is 1. The van der Waals surface area contributed by atoms with Crippen LogP contribution in [0.3, 0.4) is 0 Å². The molecule has 15 heteroatoms. The quantitative estimate of drug-likeness (QED) is 0.367. The maximum atomic E-state index is 11.6. The minimum Gasteiger partial charge on any atom is -0.363 e. The molecule has 0 aliphatic heterocycles. The zero-order chi connectivity index (χ0) is 22.3. The molecule has 1 aromatic carbocycles. The summed E-state index contributed by atoms with van der Waals surface area (Å²) in [5, 5.41) is 0.212. The van der Waals surface area contributed by atoms with Gasteiger partial charge in [-0.05, 0) is 37.5 Å². The third-order valence-electron chi connectivity index (χ3n) is 4.70. The number of sulfone groups is 1. The molecule has 1 heterocycles. The number of anilines is 1. The van der Waals surface area contributed by atoms with Gasteiger partial charge in [-0.15, -0.1) is 11.3 Å². The first-order chi connectivity index (χ1) is 13.7. The van der Waals surface area contributed by atoms with Crippen LogP contribution in [0.2, 0.25) is 0 Å².